The van der Waals surface area contributed by atoms with Crippen molar-refractivity contribution in [3.05, 3.63) is 35.4 Å². The lowest BCUT2D eigenvalue weighted by molar-refractivity contribution is 0.0914. The van der Waals surface area contributed by atoms with E-state index in [1.807, 2.05) is 0 Å². The Morgan fingerprint density at radius 2 is 1.78 bits per heavy atom. The Morgan fingerprint density at radius 1 is 1.11 bits per heavy atom. The Balaban J connectivity index is 1.80. The summed E-state index contributed by atoms with van der Waals surface area (Å²) in [5, 5.41) is 13.0. The highest BCUT2D eigenvalue weighted by Gasteiger charge is 2.21. The van der Waals surface area contributed by atoms with Gasteiger partial charge < -0.3 is 10.4 Å². The second-order valence-electron chi connectivity index (χ2n) is 4.94. The Morgan fingerprint density at radius 3 is 2.44 bits per heavy atom. The molecule has 0 saturated heterocycles. The highest BCUT2D eigenvalue weighted by Crippen LogP contribution is 2.18. The third-order valence-electron chi connectivity index (χ3n) is 3.47. The molecule has 0 spiro atoms. The first kappa shape index (κ1) is 13.4. The molecule has 1 saturated carbocycles. The van der Waals surface area contributed by atoms with Gasteiger partial charge in [-0.05, 0) is 43.5 Å². The van der Waals surface area contributed by atoms with Crippen LogP contribution in [0.25, 0.3) is 0 Å². The van der Waals surface area contributed by atoms with Crippen LogP contribution >= 0.6 is 0 Å². The topological polar surface area (TPSA) is 32.3 Å². The van der Waals surface area contributed by atoms with Gasteiger partial charge in [0.05, 0.1) is 6.10 Å². The molecule has 1 fully saturated rings. The molecule has 1 aliphatic rings. The number of benzene rings is 1. The van der Waals surface area contributed by atoms with Crippen LogP contribution in [0.3, 0.4) is 0 Å². The van der Waals surface area contributed by atoms with Crippen LogP contribution in [0.1, 0.15) is 31.2 Å². The summed E-state index contributed by atoms with van der Waals surface area (Å²) < 4.78 is 25.9. The van der Waals surface area contributed by atoms with Crippen molar-refractivity contribution in [3.63, 3.8) is 0 Å². The molecule has 4 heteroatoms. The van der Waals surface area contributed by atoms with Crippen LogP contribution in [-0.4, -0.2) is 23.8 Å². The van der Waals surface area contributed by atoms with E-state index in [-0.39, 0.29) is 12.1 Å². The molecule has 18 heavy (non-hydrogen) atoms. The maximum atomic E-state index is 13.0. The van der Waals surface area contributed by atoms with Crippen molar-refractivity contribution in [1.29, 1.82) is 0 Å². The molecule has 100 valence electrons. The van der Waals surface area contributed by atoms with E-state index in [1.54, 1.807) is 0 Å². The molecule has 2 nitrogen and oxygen atoms in total. The minimum atomic E-state index is -0.539. The molecule has 0 heterocycles. The quantitative estimate of drug-likeness (QED) is 0.866. The van der Waals surface area contributed by atoms with E-state index in [4.69, 9.17) is 0 Å². The lowest BCUT2D eigenvalue weighted by Gasteiger charge is -2.28. The van der Waals surface area contributed by atoms with Crippen molar-refractivity contribution in [2.75, 3.05) is 6.54 Å². The number of rotatable bonds is 4. The molecule has 0 radical (unpaired) electrons. The number of halogens is 2. The van der Waals surface area contributed by atoms with Crippen LogP contribution in [0.5, 0.6) is 0 Å². The van der Waals surface area contributed by atoms with E-state index in [9.17, 15) is 13.9 Å². The number of hydrogen-bond acceptors (Lipinski definition) is 2. The lowest BCUT2D eigenvalue weighted by Crippen LogP contribution is -2.42. The zero-order chi connectivity index (χ0) is 13.0. The standard InChI is InChI=1S/C14H19F2NO/c15-11-7-10(8-12(16)9-11)5-6-17-13-3-1-2-4-14(13)18/h7-9,13-14,17-18H,1-6H2. The number of hydrogen-bond donors (Lipinski definition) is 2. The van der Waals surface area contributed by atoms with E-state index in [1.165, 1.54) is 12.1 Å². The molecular weight excluding hydrogens is 236 g/mol. The fourth-order valence-corrected chi connectivity index (χ4v) is 2.51. The molecule has 2 rings (SSSR count). The first-order chi connectivity index (χ1) is 8.65. The number of nitrogens with one attached hydrogen (secondary N) is 1. The Hall–Kier alpha value is -1.00. The van der Waals surface area contributed by atoms with Crippen LogP contribution in [0.2, 0.25) is 0 Å². The van der Waals surface area contributed by atoms with E-state index in [2.05, 4.69) is 5.32 Å². The van der Waals surface area contributed by atoms with Crippen LogP contribution in [0, 0.1) is 11.6 Å². The molecule has 2 unspecified atom stereocenters. The van der Waals surface area contributed by atoms with Gasteiger partial charge in [-0.15, -0.1) is 0 Å². The summed E-state index contributed by atoms with van der Waals surface area (Å²) in [4.78, 5) is 0. The van der Waals surface area contributed by atoms with Gasteiger partial charge in [0.1, 0.15) is 11.6 Å². The van der Waals surface area contributed by atoms with E-state index in [0.29, 0.717) is 18.5 Å². The van der Waals surface area contributed by atoms with Gasteiger partial charge in [0.15, 0.2) is 0 Å². The normalized spacial score (nSPS) is 24.2. The SMILES string of the molecule is OC1CCCCC1NCCc1cc(F)cc(F)c1. The maximum Gasteiger partial charge on any atom is 0.126 e. The molecule has 2 N–H and O–H groups in total. The summed E-state index contributed by atoms with van der Waals surface area (Å²) >= 11 is 0. The van der Waals surface area contributed by atoms with Crippen molar-refractivity contribution in [1.82, 2.24) is 5.32 Å². The Bertz CT molecular complexity index is 377. The molecule has 1 aliphatic carbocycles. The van der Waals surface area contributed by atoms with Crippen molar-refractivity contribution in [3.8, 4) is 0 Å². The predicted molar refractivity (Wildman–Crippen MR) is 66.3 cm³/mol. The number of aliphatic hydroxyl groups excluding tert-OH is 1. The van der Waals surface area contributed by atoms with Crippen LogP contribution < -0.4 is 5.32 Å². The second-order valence-corrected chi connectivity index (χ2v) is 4.94. The van der Waals surface area contributed by atoms with Gasteiger partial charge in [-0.1, -0.05) is 12.8 Å². The monoisotopic (exact) mass is 255 g/mol. The van der Waals surface area contributed by atoms with Crippen LogP contribution in [-0.2, 0) is 6.42 Å². The van der Waals surface area contributed by atoms with Gasteiger partial charge in [-0.2, -0.15) is 0 Å². The maximum absolute atomic E-state index is 13.0. The fourth-order valence-electron chi connectivity index (χ4n) is 2.51. The lowest BCUT2D eigenvalue weighted by atomic mass is 9.92. The molecule has 1 aromatic rings. The van der Waals surface area contributed by atoms with Gasteiger partial charge in [0, 0.05) is 12.1 Å². The molecule has 2 atom stereocenters. The summed E-state index contributed by atoms with van der Waals surface area (Å²) in [5.41, 5.74) is 0.644. The summed E-state index contributed by atoms with van der Waals surface area (Å²) in [7, 11) is 0. The number of aliphatic hydroxyl groups is 1. The van der Waals surface area contributed by atoms with Crippen molar-refractivity contribution in [2.24, 2.45) is 0 Å². The fraction of sp³-hybridized carbons (Fsp3) is 0.571. The molecule has 0 amide bonds. The van der Waals surface area contributed by atoms with Gasteiger partial charge in [0.2, 0.25) is 0 Å². The highest BCUT2D eigenvalue weighted by atomic mass is 19.1. The Labute approximate surface area is 106 Å². The smallest absolute Gasteiger partial charge is 0.126 e. The van der Waals surface area contributed by atoms with Gasteiger partial charge >= 0.3 is 0 Å². The van der Waals surface area contributed by atoms with E-state index < -0.39 is 11.6 Å². The third-order valence-corrected chi connectivity index (χ3v) is 3.47. The molecular formula is C14H19F2NO. The summed E-state index contributed by atoms with van der Waals surface area (Å²) in [6, 6.07) is 3.70. The van der Waals surface area contributed by atoms with Crippen molar-refractivity contribution in [2.45, 2.75) is 44.2 Å². The highest BCUT2D eigenvalue weighted by molar-refractivity contribution is 5.18. The Kier molecular flexibility index (Phi) is 4.66. The van der Waals surface area contributed by atoms with E-state index in [0.717, 1.165) is 31.7 Å². The minimum Gasteiger partial charge on any atom is -0.392 e. The third kappa shape index (κ3) is 3.75. The zero-order valence-corrected chi connectivity index (χ0v) is 10.3. The first-order valence-electron chi connectivity index (χ1n) is 6.51. The summed E-state index contributed by atoms with van der Waals surface area (Å²) in [6.45, 7) is 0.630. The largest absolute Gasteiger partial charge is 0.392 e. The first-order valence-corrected chi connectivity index (χ1v) is 6.51. The average molecular weight is 255 g/mol. The predicted octanol–water partition coefficient (Wildman–Crippen LogP) is 2.40. The second kappa shape index (κ2) is 6.25. The zero-order valence-electron chi connectivity index (χ0n) is 10.3. The molecule has 0 aliphatic heterocycles. The average Bonchev–Trinajstić information content (AvgIpc) is 2.30. The van der Waals surface area contributed by atoms with Crippen LogP contribution in [0.4, 0.5) is 8.78 Å². The molecule has 1 aromatic carbocycles. The van der Waals surface area contributed by atoms with Crippen LogP contribution in [0.15, 0.2) is 18.2 Å². The van der Waals surface area contributed by atoms with Crippen molar-refractivity contribution < 1.29 is 13.9 Å². The summed E-state index contributed by atoms with van der Waals surface area (Å²) in [6.07, 6.45) is 4.30. The summed E-state index contributed by atoms with van der Waals surface area (Å²) in [5.74, 6) is -1.08. The minimum absolute atomic E-state index is 0.122. The van der Waals surface area contributed by atoms with Gasteiger partial charge in [0.25, 0.3) is 0 Å². The van der Waals surface area contributed by atoms with Gasteiger partial charge in [-0.3, -0.25) is 0 Å². The molecule has 0 aromatic heterocycles. The van der Waals surface area contributed by atoms with Crippen molar-refractivity contribution >= 4 is 0 Å². The van der Waals surface area contributed by atoms with Gasteiger partial charge in [-0.25, -0.2) is 8.78 Å². The molecule has 0 bridgehead atoms. The van der Waals surface area contributed by atoms with E-state index >= 15 is 0 Å².